The lowest BCUT2D eigenvalue weighted by Gasteiger charge is -2.36. The fourth-order valence-electron chi connectivity index (χ4n) is 4.40. The summed E-state index contributed by atoms with van der Waals surface area (Å²) in [5.74, 6) is 0.505. The van der Waals surface area contributed by atoms with Crippen molar-refractivity contribution in [2.45, 2.75) is 39.0 Å². The van der Waals surface area contributed by atoms with Gasteiger partial charge in [-0.05, 0) is 50.3 Å². The molecule has 0 radical (unpaired) electrons. The normalized spacial score (nSPS) is 18.1. The maximum atomic E-state index is 13.1. The number of likely N-dealkylation sites (tertiary alicyclic amines) is 1. The fraction of sp³-hybridized carbons (Fsp3) is 0.565. The molecule has 0 N–H and O–H groups in total. The molecule has 0 bridgehead atoms. The van der Waals surface area contributed by atoms with Crippen LogP contribution in [0.25, 0.3) is 0 Å². The molecular formula is C23H29FN4O3S. The molecule has 7 nitrogen and oxygen atoms in total. The van der Waals surface area contributed by atoms with E-state index in [2.05, 4.69) is 14.3 Å². The van der Waals surface area contributed by atoms with Gasteiger partial charge in [0.05, 0.1) is 12.5 Å². The van der Waals surface area contributed by atoms with E-state index in [4.69, 9.17) is 4.74 Å². The van der Waals surface area contributed by atoms with E-state index in [1.807, 2.05) is 11.8 Å². The van der Waals surface area contributed by atoms with Crippen LogP contribution in [0.5, 0.6) is 0 Å². The number of nitrogens with zero attached hydrogens (tertiary/aromatic N) is 4. The van der Waals surface area contributed by atoms with Crippen LogP contribution in [-0.4, -0.2) is 58.9 Å². The molecule has 0 saturated carbocycles. The van der Waals surface area contributed by atoms with Crippen molar-refractivity contribution in [2.75, 3.05) is 37.7 Å². The van der Waals surface area contributed by atoms with Gasteiger partial charge in [-0.3, -0.25) is 9.59 Å². The highest BCUT2D eigenvalue weighted by Gasteiger charge is 2.33. The Morgan fingerprint density at radius 3 is 2.38 bits per heavy atom. The number of esters is 1. The minimum absolute atomic E-state index is 0.0250. The SMILES string of the molecule is CCOC(=O)C1CCN(C(=O)C2CCN(c3nc(Cc4ccc(F)cc4)ns3)CC2)CC1. The summed E-state index contributed by atoms with van der Waals surface area (Å²) in [4.78, 5) is 33.6. The molecule has 2 fully saturated rings. The van der Waals surface area contributed by atoms with E-state index >= 15 is 0 Å². The molecule has 3 heterocycles. The molecule has 0 aliphatic carbocycles. The Balaban J connectivity index is 1.25. The number of hydrogen-bond acceptors (Lipinski definition) is 7. The maximum absolute atomic E-state index is 13.1. The Bertz CT molecular complexity index is 920. The molecule has 2 saturated heterocycles. The summed E-state index contributed by atoms with van der Waals surface area (Å²) in [5.41, 5.74) is 0.979. The zero-order valence-electron chi connectivity index (χ0n) is 18.3. The van der Waals surface area contributed by atoms with Crippen molar-refractivity contribution < 1.29 is 18.7 Å². The minimum Gasteiger partial charge on any atom is -0.466 e. The summed E-state index contributed by atoms with van der Waals surface area (Å²) in [5, 5.41) is 0.878. The molecule has 4 rings (SSSR count). The van der Waals surface area contributed by atoms with Crippen LogP contribution in [0.2, 0.25) is 0 Å². The van der Waals surface area contributed by atoms with E-state index in [1.165, 1.54) is 23.7 Å². The van der Waals surface area contributed by atoms with Crippen LogP contribution < -0.4 is 4.90 Å². The lowest BCUT2D eigenvalue weighted by atomic mass is 9.92. The molecule has 2 aromatic rings. The van der Waals surface area contributed by atoms with Gasteiger partial charge in [-0.25, -0.2) is 9.37 Å². The fourth-order valence-corrected chi connectivity index (χ4v) is 5.14. The molecule has 1 aromatic heterocycles. The minimum atomic E-state index is -0.249. The van der Waals surface area contributed by atoms with Crippen LogP contribution in [-0.2, 0) is 20.7 Å². The van der Waals surface area contributed by atoms with Gasteiger partial charge in [-0.15, -0.1) is 0 Å². The van der Waals surface area contributed by atoms with Gasteiger partial charge in [0.1, 0.15) is 11.6 Å². The average Bonchev–Trinajstić information content (AvgIpc) is 3.29. The van der Waals surface area contributed by atoms with Crippen molar-refractivity contribution in [3.8, 4) is 0 Å². The number of ether oxygens (including phenoxy) is 1. The highest BCUT2D eigenvalue weighted by Crippen LogP contribution is 2.28. The Labute approximate surface area is 191 Å². The van der Waals surface area contributed by atoms with Crippen LogP contribution in [0, 0.1) is 17.7 Å². The van der Waals surface area contributed by atoms with E-state index in [9.17, 15) is 14.0 Å². The van der Waals surface area contributed by atoms with Crippen molar-refractivity contribution in [1.82, 2.24) is 14.3 Å². The third-order valence-electron chi connectivity index (χ3n) is 6.27. The number of halogens is 1. The molecule has 0 atom stereocenters. The smallest absolute Gasteiger partial charge is 0.309 e. The number of rotatable bonds is 6. The molecular weight excluding hydrogens is 431 g/mol. The van der Waals surface area contributed by atoms with E-state index in [-0.39, 0.29) is 29.5 Å². The second-order valence-corrected chi connectivity index (χ2v) is 9.14. The lowest BCUT2D eigenvalue weighted by molar-refractivity contribution is -0.151. The van der Waals surface area contributed by atoms with Crippen molar-refractivity contribution in [2.24, 2.45) is 11.8 Å². The van der Waals surface area contributed by atoms with Crippen LogP contribution in [0.1, 0.15) is 44.0 Å². The Hall–Kier alpha value is -2.55. The third-order valence-corrected chi connectivity index (χ3v) is 7.09. The predicted molar refractivity (Wildman–Crippen MR) is 120 cm³/mol. The van der Waals surface area contributed by atoms with Crippen molar-refractivity contribution in [3.63, 3.8) is 0 Å². The van der Waals surface area contributed by atoms with E-state index in [0.29, 0.717) is 39.0 Å². The highest BCUT2D eigenvalue weighted by atomic mass is 32.1. The first-order chi connectivity index (χ1) is 15.5. The number of piperidine rings is 2. The van der Waals surface area contributed by atoms with Crippen LogP contribution in [0.15, 0.2) is 24.3 Å². The molecule has 2 aliphatic heterocycles. The second kappa shape index (κ2) is 10.4. The van der Waals surface area contributed by atoms with Gasteiger partial charge in [0, 0.05) is 50.1 Å². The first kappa shape index (κ1) is 22.6. The molecule has 2 aliphatic rings. The highest BCUT2D eigenvalue weighted by molar-refractivity contribution is 7.09. The number of hydrogen-bond donors (Lipinski definition) is 0. The van der Waals surface area contributed by atoms with Crippen molar-refractivity contribution >= 4 is 28.5 Å². The van der Waals surface area contributed by atoms with Crippen molar-refractivity contribution in [1.29, 1.82) is 0 Å². The quantitative estimate of drug-likeness (QED) is 0.616. The maximum Gasteiger partial charge on any atom is 0.309 e. The molecule has 9 heteroatoms. The Morgan fingerprint density at radius 1 is 1.06 bits per heavy atom. The first-order valence-electron chi connectivity index (χ1n) is 11.3. The summed E-state index contributed by atoms with van der Waals surface area (Å²) in [7, 11) is 0. The molecule has 0 unspecified atom stereocenters. The molecule has 0 spiro atoms. The van der Waals surface area contributed by atoms with Gasteiger partial charge in [0.2, 0.25) is 11.0 Å². The number of anilines is 1. The zero-order valence-corrected chi connectivity index (χ0v) is 19.2. The van der Waals surface area contributed by atoms with Gasteiger partial charge in [-0.2, -0.15) is 4.37 Å². The van der Waals surface area contributed by atoms with Gasteiger partial charge >= 0.3 is 5.97 Å². The summed E-state index contributed by atoms with van der Waals surface area (Å²) >= 11 is 1.37. The number of carbonyl (C=O) groups excluding carboxylic acids is 2. The van der Waals surface area contributed by atoms with Gasteiger partial charge in [0.25, 0.3) is 0 Å². The monoisotopic (exact) mass is 460 g/mol. The first-order valence-corrected chi connectivity index (χ1v) is 12.1. The lowest BCUT2D eigenvalue weighted by Crippen LogP contribution is -2.46. The van der Waals surface area contributed by atoms with Gasteiger partial charge < -0.3 is 14.5 Å². The third kappa shape index (κ3) is 5.43. The van der Waals surface area contributed by atoms with Gasteiger partial charge in [0.15, 0.2) is 0 Å². The molecule has 32 heavy (non-hydrogen) atoms. The standard InChI is InChI=1S/C23H29FN4O3S/c1-2-31-22(30)18-9-11-27(12-10-18)21(29)17-7-13-28(14-8-17)23-25-20(26-32-23)15-16-3-5-19(24)6-4-16/h3-6,17-18H,2,7-15H2,1H3. The molecule has 1 aromatic carbocycles. The Morgan fingerprint density at radius 2 is 1.72 bits per heavy atom. The largest absolute Gasteiger partial charge is 0.466 e. The zero-order chi connectivity index (χ0) is 22.5. The topological polar surface area (TPSA) is 75.6 Å². The van der Waals surface area contributed by atoms with Gasteiger partial charge in [-0.1, -0.05) is 12.1 Å². The number of carbonyl (C=O) groups is 2. The van der Waals surface area contributed by atoms with E-state index in [0.717, 1.165) is 42.5 Å². The van der Waals surface area contributed by atoms with Crippen LogP contribution >= 0.6 is 11.5 Å². The second-order valence-electron chi connectivity index (χ2n) is 8.41. The molecule has 1 amide bonds. The van der Waals surface area contributed by atoms with E-state index < -0.39 is 0 Å². The number of amides is 1. The number of benzene rings is 1. The Kier molecular flexibility index (Phi) is 7.34. The predicted octanol–water partition coefficient (Wildman–Crippen LogP) is 3.29. The summed E-state index contributed by atoms with van der Waals surface area (Å²) in [6.45, 7) is 5.04. The average molecular weight is 461 g/mol. The number of aromatic nitrogens is 2. The summed E-state index contributed by atoms with van der Waals surface area (Å²) in [6.07, 6.45) is 3.54. The van der Waals surface area contributed by atoms with Crippen molar-refractivity contribution in [3.05, 3.63) is 41.5 Å². The van der Waals surface area contributed by atoms with Crippen LogP contribution in [0.4, 0.5) is 9.52 Å². The molecule has 172 valence electrons. The van der Waals surface area contributed by atoms with Crippen LogP contribution in [0.3, 0.4) is 0 Å². The summed E-state index contributed by atoms with van der Waals surface area (Å²) in [6, 6.07) is 6.40. The van der Waals surface area contributed by atoms with E-state index in [1.54, 1.807) is 12.1 Å². The summed E-state index contributed by atoms with van der Waals surface area (Å²) < 4.78 is 22.6.